The number of nitrogens with one attached hydrogen (secondary N) is 4. The zero-order chi connectivity index (χ0) is 22.7. The summed E-state index contributed by atoms with van der Waals surface area (Å²) in [4.78, 5) is 65.5. The van der Waals surface area contributed by atoms with Crippen LogP contribution in [0.4, 0.5) is 0 Å². The van der Waals surface area contributed by atoms with Gasteiger partial charge in [0, 0.05) is 30.5 Å². The van der Waals surface area contributed by atoms with Crippen molar-refractivity contribution in [2.45, 2.75) is 37.4 Å². The molecule has 0 radical (unpaired) electrons. The maximum atomic E-state index is 12.8. The summed E-state index contributed by atoms with van der Waals surface area (Å²) in [5, 5.41) is 15.7. The van der Waals surface area contributed by atoms with Crippen LogP contribution in [0, 0.1) is 0 Å². The summed E-state index contributed by atoms with van der Waals surface area (Å²) >= 11 is 3.94. The van der Waals surface area contributed by atoms with E-state index >= 15 is 0 Å². The monoisotopic (exact) mass is 443 g/mol. The fourth-order valence-electron chi connectivity index (χ4n) is 2.30. The molecule has 0 spiro atoms. The summed E-state index contributed by atoms with van der Waals surface area (Å²) in [6.07, 6.45) is 2.47. The Balaban J connectivity index is 2.94. The number of aromatic nitrogens is 2. The molecule has 13 nitrogen and oxygen atoms in total. The number of amides is 4. The molecule has 0 aliphatic rings. The fourth-order valence-corrected chi connectivity index (χ4v) is 2.47. The van der Waals surface area contributed by atoms with E-state index in [1.165, 1.54) is 12.5 Å². The molecule has 0 fully saturated rings. The van der Waals surface area contributed by atoms with E-state index < -0.39 is 54.3 Å². The molecule has 0 aromatic carbocycles. The number of carboxylic acids is 1. The third-order valence-electron chi connectivity index (χ3n) is 3.87. The van der Waals surface area contributed by atoms with Crippen LogP contribution < -0.4 is 27.4 Å². The van der Waals surface area contributed by atoms with Crippen LogP contribution in [0.15, 0.2) is 12.5 Å². The Morgan fingerprint density at radius 1 is 1.13 bits per heavy atom. The second-order valence-corrected chi connectivity index (χ2v) is 6.67. The standard InChI is InChI=1S/C16H25N7O6S/c17-9(6-30)14(27)23-11(3-8-4-19-7-21-8)16(29)22-10(1-2-12(18)24)15(28)20-5-13(25)26/h4,7,9-11,30H,1-3,5-6,17H2,(H2,18,24)(H,19,21)(H,20,28)(H,22,29)(H,23,27)(H,25,26). The van der Waals surface area contributed by atoms with Crippen molar-refractivity contribution in [1.29, 1.82) is 0 Å². The maximum Gasteiger partial charge on any atom is 0.322 e. The highest BCUT2D eigenvalue weighted by molar-refractivity contribution is 7.80. The topological polar surface area (TPSA) is 222 Å². The molecule has 0 aliphatic carbocycles. The van der Waals surface area contributed by atoms with Gasteiger partial charge in [-0.3, -0.25) is 24.0 Å². The lowest BCUT2D eigenvalue weighted by molar-refractivity contribution is -0.138. The molecule has 9 N–H and O–H groups in total. The van der Waals surface area contributed by atoms with Gasteiger partial charge in [0.25, 0.3) is 0 Å². The first kappa shape index (κ1) is 24.9. The van der Waals surface area contributed by atoms with Gasteiger partial charge in [-0.25, -0.2) is 4.98 Å². The van der Waals surface area contributed by atoms with Crippen molar-refractivity contribution in [2.75, 3.05) is 12.3 Å². The number of aliphatic carboxylic acids is 1. The average molecular weight is 443 g/mol. The molecular formula is C16H25N7O6S. The van der Waals surface area contributed by atoms with Crippen molar-refractivity contribution in [3.8, 4) is 0 Å². The van der Waals surface area contributed by atoms with Crippen molar-refractivity contribution >= 4 is 42.2 Å². The first-order valence-electron chi connectivity index (χ1n) is 8.86. The third-order valence-corrected chi connectivity index (χ3v) is 4.26. The molecule has 3 atom stereocenters. The Kier molecular flexibility index (Phi) is 10.3. The predicted molar refractivity (Wildman–Crippen MR) is 107 cm³/mol. The van der Waals surface area contributed by atoms with Crippen molar-refractivity contribution in [2.24, 2.45) is 11.5 Å². The molecule has 3 unspecified atom stereocenters. The molecule has 1 heterocycles. The number of nitrogens with zero attached hydrogens (tertiary/aromatic N) is 1. The molecule has 1 rings (SSSR count). The van der Waals surface area contributed by atoms with Crippen LogP contribution in [0.1, 0.15) is 18.5 Å². The number of aromatic amines is 1. The number of primary amides is 1. The summed E-state index contributed by atoms with van der Waals surface area (Å²) < 4.78 is 0. The lowest BCUT2D eigenvalue weighted by Crippen LogP contribution is -2.57. The van der Waals surface area contributed by atoms with Crippen LogP contribution in [-0.2, 0) is 30.4 Å². The van der Waals surface area contributed by atoms with E-state index in [1.54, 1.807) is 0 Å². The summed E-state index contributed by atoms with van der Waals surface area (Å²) in [6, 6.07) is -3.34. The maximum absolute atomic E-state index is 12.8. The second-order valence-electron chi connectivity index (χ2n) is 6.31. The van der Waals surface area contributed by atoms with Gasteiger partial charge in [0.2, 0.25) is 23.6 Å². The molecule has 166 valence electrons. The highest BCUT2D eigenvalue weighted by Crippen LogP contribution is 2.03. The predicted octanol–water partition coefficient (Wildman–Crippen LogP) is -3.35. The largest absolute Gasteiger partial charge is 0.480 e. The highest BCUT2D eigenvalue weighted by atomic mass is 32.1. The first-order chi connectivity index (χ1) is 14.1. The van der Waals surface area contributed by atoms with Crippen molar-refractivity contribution in [3.05, 3.63) is 18.2 Å². The molecule has 0 aliphatic heterocycles. The number of hydrogen-bond acceptors (Lipinski definition) is 8. The zero-order valence-corrected chi connectivity index (χ0v) is 16.9. The normalized spacial score (nSPS) is 13.5. The molecule has 1 aromatic heterocycles. The number of carbonyl (C=O) groups is 5. The lowest BCUT2D eigenvalue weighted by atomic mass is 10.1. The molecule has 4 amide bonds. The van der Waals surface area contributed by atoms with Crippen molar-refractivity contribution in [1.82, 2.24) is 25.9 Å². The lowest BCUT2D eigenvalue weighted by Gasteiger charge is -2.23. The number of carbonyl (C=O) groups excluding carboxylic acids is 4. The van der Waals surface area contributed by atoms with Gasteiger partial charge in [-0.15, -0.1) is 0 Å². The van der Waals surface area contributed by atoms with Gasteiger partial charge >= 0.3 is 5.97 Å². The Labute approximate surface area is 177 Å². The minimum absolute atomic E-state index is 0.0101. The van der Waals surface area contributed by atoms with E-state index in [9.17, 15) is 24.0 Å². The molecule has 0 bridgehead atoms. The summed E-state index contributed by atoms with van der Waals surface area (Å²) in [7, 11) is 0. The zero-order valence-electron chi connectivity index (χ0n) is 16.0. The summed E-state index contributed by atoms with van der Waals surface area (Å²) in [5.41, 5.74) is 11.2. The SMILES string of the molecule is NC(=O)CCC(NC(=O)C(Cc1cnc[nH]1)NC(=O)C(N)CS)C(=O)NCC(=O)O. The number of carboxylic acid groups (broad SMARTS) is 1. The molecule has 14 heteroatoms. The highest BCUT2D eigenvalue weighted by Gasteiger charge is 2.28. The van der Waals surface area contributed by atoms with E-state index in [1.807, 2.05) is 0 Å². The first-order valence-corrected chi connectivity index (χ1v) is 9.49. The van der Waals surface area contributed by atoms with Crippen LogP contribution >= 0.6 is 12.6 Å². The van der Waals surface area contributed by atoms with Gasteiger partial charge in [0.05, 0.1) is 12.4 Å². The van der Waals surface area contributed by atoms with Gasteiger partial charge in [0.15, 0.2) is 0 Å². The minimum Gasteiger partial charge on any atom is -0.480 e. The quantitative estimate of drug-likeness (QED) is 0.143. The number of thiol groups is 1. The Morgan fingerprint density at radius 2 is 1.80 bits per heavy atom. The number of rotatable bonds is 13. The molecule has 0 saturated carbocycles. The second kappa shape index (κ2) is 12.4. The number of nitrogens with two attached hydrogens (primary N) is 2. The van der Waals surface area contributed by atoms with Crippen LogP contribution in [0.3, 0.4) is 0 Å². The van der Waals surface area contributed by atoms with E-state index in [2.05, 4.69) is 38.5 Å². The van der Waals surface area contributed by atoms with Crippen LogP contribution in [0.2, 0.25) is 0 Å². The van der Waals surface area contributed by atoms with E-state index in [4.69, 9.17) is 16.6 Å². The number of imidazole rings is 1. The molecule has 30 heavy (non-hydrogen) atoms. The van der Waals surface area contributed by atoms with Gasteiger partial charge < -0.3 is 37.5 Å². The Bertz CT molecular complexity index is 757. The smallest absolute Gasteiger partial charge is 0.322 e. The van der Waals surface area contributed by atoms with E-state index in [0.29, 0.717) is 5.69 Å². The van der Waals surface area contributed by atoms with Gasteiger partial charge in [-0.2, -0.15) is 12.6 Å². The minimum atomic E-state index is -1.28. The van der Waals surface area contributed by atoms with E-state index in [-0.39, 0.29) is 25.0 Å². The van der Waals surface area contributed by atoms with E-state index in [0.717, 1.165) is 0 Å². The number of H-pyrrole nitrogens is 1. The molecular weight excluding hydrogens is 418 g/mol. The Morgan fingerprint density at radius 3 is 2.33 bits per heavy atom. The van der Waals surface area contributed by atoms with Crippen LogP contribution in [-0.4, -0.2) is 75.1 Å². The van der Waals surface area contributed by atoms with Crippen LogP contribution in [0.25, 0.3) is 0 Å². The van der Waals surface area contributed by atoms with Gasteiger partial charge in [-0.05, 0) is 6.42 Å². The molecule has 1 aromatic rings. The number of hydrogen-bond donors (Lipinski definition) is 8. The van der Waals surface area contributed by atoms with Crippen molar-refractivity contribution in [3.63, 3.8) is 0 Å². The van der Waals surface area contributed by atoms with Gasteiger partial charge in [0.1, 0.15) is 18.6 Å². The van der Waals surface area contributed by atoms with Crippen LogP contribution in [0.5, 0.6) is 0 Å². The molecule has 0 saturated heterocycles. The third kappa shape index (κ3) is 8.91. The van der Waals surface area contributed by atoms with Gasteiger partial charge in [-0.1, -0.05) is 0 Å². The summed E-state index contributed by atoms with van der Waals surface area (Å²) in [5.74, 6) is -4.14. The average Bonchev–Trinajstić information content (AvgIpc) is 3.20. The Hall–Kier alpha value is -3.13. The fraction of sp³-hybridized carbons (Fsp3) is 0.500. The summed E-state index contributed by atoms with van der Waals surface area (Å²) in [6.45, 7) is -0.674. The van der Waals surface area contributed by atoms with Crippen molar-refractivity contribution < 1.29 is 29.1 Å².